The van der Waals surface area contributed by atoms with Gasteiger partial charge in [0.15, 0.2) is 6.29 Å². The third-order valence-corrected chi connectivity index (χ3v) is 12.0. The first-order valence-corrected chi connectivity index (χ1v) is 14.6. The summed E-state index contributed by atoms with van der Waals surface area (Å²) in [4.78, 5) is 0. The van der Waals surface area contributed by atoms with E-state index in [0.717, 1.165) is 0 Å². The molecule has 7 heteroatoms. The van der Waals surface area contributed by atoms with Crippen LogP contribution in [0.15, 0.2) is 60.7 Å². The van der Waals surface area contributed by atoms with Gasteiger partial charge in [0, 0.05) is 6.42 Å². The van der Waals surface area contributed by atoms with E-state index in [4.69, 9.17) is 19.0 Å². The van der Waals surface area contributed by atoms with Crippen LogP contribution in [0, 0.1) is 0 Å². The SMILES string of the molecule is C[C@H](CCC(O)CO)O[C@@H]1O[C@@H](C)[C@H](O[Si](c2ccccc2)(c2ccccc2)C(C)(C)C)C[C@H]1O. The highest BCUT2D eigenvalue weighted by atomic mass is 28.4. The standard InChI is InChI=1S/C28H42O6Si/c1-20(16-17-22(30)19-29)32-27-25(31)18-26(21(2)33-27)34-35(28(3,4)5,23-12-8-6-9-13-23)24-14-10-7-11-15-24/h6-15,20-22,25-27,29-31H,16-19H2,1-5H3/t20-,21+,22?,25-,26-,27-/m1/s1. The van der Waals surface area contributed by atoms with E-state index in [1.54, 1.807) is 0 Å². The van der Waals surface area contributed by atoms with Crippen LogP contribution in [-0.4, -0.2) is 67.1 Å². The van der Waals surface area contributed by atoms with Gasteiger partial charge in [-0.05, 0) is 42.1 Å². The topological polar surface area (TPSA) is 88.4 Å². The third-order valence-electron chi connectivity index (χ3n) is 6.89. The van der Waals surface area contributed by atoms with Crippen molar-refractivity contribution in [1.29, 1.82) is 0 Å². The minimum atomic E-state index is -2.78. The highest BCUT2D eigenvalue weighted by Gasteiger charge is 2.53. The van der Waals surface area contributed by atoms with Gasteiger partial charge >= 0.3 is 0 Å². The van der Waals surface area contributed by atoms with Crippen molar-refractivity contribution in [1.82, 2.24) is 0 Å². The highest BCUT2D eigenvalue weighted by Crippen LogP contribution is 2.39. The Hall–Kier alpha value is -1.58. The van der Waals surface area contributed by atoms with Crippen LogP contribution >= 0.6 is 0 Å². The fraction of sp³-hybridized carbons (Fsp3) is 0.571. The fourth-order valence-electron chi connectivity index (χ4n) is 4.93. The summed E-state index contributed by atoms with van der Waals surface area (Å²) in [6, 6.07) is 20.9. The quantitative estimate of drug-likeness (QED) is 0.433. The van der Waals surface area contributed by atoms with E-state index in [1.807, 2.05) is 26.0 Å². The number of benzene rings is 2. The van der Waals surface area contributed by atoms with Gasteiger partial charge in [0.25, 0.3) is 8.32 Å². The van der Waals surface area contributed by atoms with Gasteiger partial charge in [0.1, 0.15) is 6.10 Å². The van der Waals surface area contributed by atoms with Crippen molar-refractivity contribution in [3.8, 4) is 0 Å². The summed E-state index contributed by atoms with van der Waals surface area (Å²) in [5.41, 5.74) is 0. The number of hydrogen-bond acceptors (Lipinski definition) is 6. The average Bonchev–Trinajstić information content (AvgIpc) is 2.84. The van der Waals surface area contributed by atoms with E-state index in [0.29, 0.717) is 19.3 Å². The van der Waals surface area contributed by atoms with E-state index in [1.165, 1.54) is 10.4 Å². The first kappa shape index (κ1) is 28.0. The maximum Gasteiger partial charge on any atom is 0.261 e. The molecular weight excluding hydrogens is 460 g/mol. The number of ether oxygens (including phenoxy) is 2. The lowest BCUT2D eigenvalue weighted by Crippen LogP contribution is -2.69. The molecule has 6 atom stereocenters. The van der Waals surface area contributed by atoms with Crippen LogP contribution in [0.25, 0.3) is 0 Å². The lowest BCUT2D eigenvalue weighted by atomic mass is 10.0. The Bertz CT molecular complexity index is 848. The first-order valence-electron chi connectivity index (χ1n) is 12.6. The lowest BCUT2D eigenvalue weighted by molar-refractivity contribution is -0.271. The predicted octanol–water partition coefficient (Wildman–Crippen LogP) is 2.97. The normalized spacial score (nSPS) is 25.3. The predicted molar refractivity (Wildman–Crippen MR) is 140 cm³/mol. The van der Waals surface area contributed by atoms with Crippen LogP contribution in [0.3, 0.4) is 0 Å². The summed E-state index contributed by atoms with van der Waals surface area (Å²) in [5, 5.41) is 31.8. The molecule has 0 saturated carbocycles. The molecule has 6 nitrogen and oxygen atoms in total. The van der Waals surface area contributed by atoms with Crippen molar-refractivity contribution in [2.24, 2.45) is 0 Å². The molecule has 2 aromatic rings. The Morgan fingerprint density at radius 1 is 1.00 bits per heavy atom. The van der Waals surface area contributed by atoms with Crippen LogP contribution in [0.4, 0.5) is 0 Å². The molecule has 1 fully saturated rings. The van der Waals surface area contributed by atoms with Crippen molar-refractivity contribution in [3.63, 3.8) is 0 Å². The van der Waals surface area contributed by atoms with Crippen molar-refractivity contribution in [2.75, 3.05) is 6.61 Å². The summed E-state index contributed by atoms with van der Waals surface area (Å²) in [6.45, 7) is 10.3. The molecule has 0 spiro atoms. The molecule has 0 radical (unpaired) electrons. The minimum Gasteiger partial charge on any atom is -0.402 e. The van der Waals surface area contributed by atoms with Gasteiger partial charge in [0.2, 0.25) is 0 Å². The second kappa shape index (κ2) is 12.1. The largest absolute Gasteiger partial charge is 0.402 e. The van der Waals surface area contributed by atoms with Crippen molar-refractivity contribution < 1.29 is 29.2 Å². The Labute approximate surface area is 211 Å². The number of aliphatic hydroxyl groups excluding tert-OH is 3. The van der Waals surface area contributed by atoms with Crippen LogP contribution in [-0.2, 0) is 13.9 Å². The first-order chi connectivity index (χ1) is 16.6. The van der Waals surface area contributed by atoms with Crippen LogP contribution in [0.2, 0.25) is 5.04 Å². The van der Waals surface area contributed by atoms with Gasteiger partial charge in [-0.25, -0.2) is 0 Å². The Kier molecular flexibility index (Phi) is 9.68. The van der Waals surface area contributed by atoms with E-state index >= 15 is 0 Å². The van der Waals surface area contributed by atoms with Gasteiger partial charge in [-0.2, -0.15) is 0 Å². The molecule has 194 valence electrons. The lowest BCUT2D eigenvalue weighted by Gasteiger charge is -2.48. The molecule has 0 amide bonds. The van der Waals surface area contributed by atoms with Crippen molar-refractivity contribution in [2.45, 2.75) is 95.7 Å². The molecule has 1 unspecified atom stereocenters. The Balaban J connectivity index is 1.83. The van der Waals surface area contributed by atoms with E-state index in [-0.39, 0.29) is 30.0 Å². The molecule has 1 heterocycles. The van der Waals surface area contributed by atoms with Gasteiger partial charge in [-0.1, -0.05) is 81.4 Å². The van der Waals surface area contributed by atoms with E-state index in [9.17, 15) is 10.2 Å². The van der Waals surface area contributed by atoms with Crippen LogP contribution < -0.4 is 10.4 Å². The summed E-state index contributed by atoms with van der Waals surface area (Å²) in [7, 11) is -2.78. The van der Waals surface area contributed by atoms with E-state index in [2.05, 4.69) is 69.3 Å². The third kappa shape index (κ3) is 6.60. The van der Waals surface area contributed by atoms with E-state index < -0.39 is 26.8 Å². The molecule has 2 aromatic carbocycles. The zero-order valence-corrected chi connectivity index (χ0v) is 22.6. The van der Waals surface area contributed by atoms with Gasteiger partial charge in [-0.3, -0.25) is 0 Å². The zero-order valence-electron chi connectivity index (χ0n) is 21.6. The van der Waals surface area contributed by atoms with Crippen LogP contribution in [0.1, 0.15) is 53.9 Å². The summed E-state index contributed by atoms with van der Waals surface area (Å²) in [6.07, 6.45) is -1.77. The Morgan fingerprint density at radius 2 is 1.54 bits per heavy atom. The molecule has 1 aliphatic rings. The van der Waals surface area contributed by atoms with Gasteiger partial charge in [-0.15, -0.1) is 0 Å². The molecule has 0 aromatic heterocycles. The van der Waals surface area contributed by atoms with Crippen molar-refractivity contribution >= 4 is 18.7 Å². The molecule has 1 aliphatic heterocycles. The van der Waals surface area contributed by atoms with Crippen molar-refractivity contribution in [3.05, 3.63) is 60.7 Å². The summed E-state index contributed by atoms with van der Waals surface area (Å²) < 4.78 is 19.3. The number of rotatable bonds is 10. The zero-order chi connectivity index (χ0) is 25.6. The number of hydrogen-bond donors (Lipinski definition) is 3. The molecule has 0 aliphatic carbocycles. The maximum atomic E-state index is 11.0. The summed E-state index contributed by atoms with van der Waals surface area (Å²) in [5.74, 6) is 0. The molecular formula is C28H42O6Si. The smallest absolute Gasteiger partial charge is 0.261 e. The van der Waals surface area contributed by atoms with Gasteiger partial charge in [0.05, 0.1) is 31.0 Å². The summed E-state index contributed by atoms with van der Waals surface area (Å²) >= 11 is 0. The highest BCUT2D eigenvalue weighted by molar-refractivity contribution is 6.99. The fourth-order valence-corrected chi connectivity index (χ4v) is 9.69. The molecule has 3 rings (SSSR count). The average molecular weight is 503 g/mol. The molecule has 1 saturated heterocycles. The molecule has 35 heavy (non-hydrogen) atoms. The number of aliphatic hydroxyl groups is 3. The second-order valence-electron chi connectivity index (χ2n) is 10.7. The van der Waals surface area contributed by atoms with Crippen LogP contribution in [0.5, 0.6) is 0 Å². The second-order valence-corrected chi connectivity index (χ2v) is 14.9. The molecule has 3 N–H and O–H groups in total. The monoisotopic (exact) mass is 502 g/mol. The molecule has 0 bridgehead atoms. The Morgan fingerprint density at radius 3 is 2.03 bits per heavy atom. The van der Waals surface area contributed by atoms with Gasteiger partial charge < -0.3 is 29.2 Å². The maximum absolute atomic E-state index is 11.0. The minimum absolute atomic E-state index is 0.171.